The van der Waals surface area contributed by atoms with Crippen LogP contribution in [0.3, 0.4) is 0 Å². The van der Waals surface area contributed by atoms with E-state index < -0.39 is 12.0 Å². The quantitative estimate of drug-likeness (QED) is 0.807. The van der Waals surface area contributed by atoms with Crippen LogP contribution in [0.25, 0.3) is 0 Å². The summed E-state index contributed by atoms with van der Waals surface area (Å²) in [6, 6.07) is 8.83. The topological polar surface area (TPSA) is 71.9 Å². The Kier molecular flexibility index (Phi) is 6.42. The van der Waals surface area contributed by atoms with E-state index in [0.29, 0.717) is 19.7 Å². The number of piperidine rings is 1. The first kappa shape index (κ1) is 19.3. The van der Waals surface area contributed by atoms with Gasteiger partial charge in [0.15, 0.2) is 0 Å². The summed E-state index contributed by atoms with van der Waals surface area (Å²) >= 11 is 0. The molecule has 1 saturated heterocycles. The maximum atomic E-state index is 11.9. The zero-order valence-electron chi connectivity index (χ0n) is 15.8. The minimum Gasteiger partial charge on any atom is -0.496 e. The van der Waals surface area contributed by atoms with Crippen molar-refractivity contribution >= 4 is 5.97 Å². The number of ether oxygens (including phenoxy) is 2. The molecule has 6 heteroatoms. The van der Waals surface area contributed by atoms with Gasteiger partial charge in [-0.2, -0.15) is 0 Å². The third kappa shape index (κ3) is 4.84. The molecule has 3 rings (SSSR count). The molecule has 0 saturated carbocycles. The molecule has 2 aromatic rings. The third-order valence-corrected chi connectivity index (χ3v) is 5.02. The van der Waals surface area contributed by atoms with Gasteiger partial charge in [-0.15, -0.1) is 0 Å². The van der Waals surface area contributed by atoms with Crippen LogP contribution in [0.1, 0.15) is 35.6 Å². The van der Waals surface area contributed by atoms with Gasteiger partial charge in [-0.1, -0.05) is 18.2 Å². The summed E-state index contributed by atoms with van der Waals surface area (Å²) in [4.78, 5) is 18.1. The number of nitrogens with zero attached hydrogens (tertiary/aromatic N) is 2. The lowest BCUT2D eigenvalue weighted by molar-refractivity contribution is -0.145. The van der Waals surface area contributed by atoms with Crippen LogP contribution in [-0.4, -0.2) is 47.3 Å². The van der Waals surface area contributed by atoms with Crippen LogP contribution in [-0.2, 0) is 16.1 Å². The molecular weight excluding hydrogens is 344 g/mol. The molecule has 0 amide bonds. The second kappa shape index (κ2) is 8.97. The zero-order chi connectivity index (χ0) is 19.2. The number of likely N-dealkylation sites (tertiary alicyclic amines) is 1. The number of carboxylic acid groups (broad SMARTS) is 1. The highest BCUT2D eigenvalue weighted by Gasteiger charge is 2.31. The standard InChI is InChI=1S/C21H26N2O4/c1-15-12-17(5-6-19(15)26-2)20(21(24)25)23-10-7-18(8-11-23)27-14-16-4-3-9-22-13-16/h3-6,9,12-13,18,20H,7-8,10-11,14H2,1-2H3,(H,24,25)/t20-/m1/s1. The number of aliphatic carboxylic acids is 1. The largest absolute Gasteiger partial charge is 0.496 e. The monoisotopic (exact) mass is 370 g/mol. The molecule has 0 unspecified atom stereocenters. The van der Waals surface area contributed by atoms with Crippen molar-refractivity contribution in [1.29, 1.82) is 0 Å². The van der Waals surface area contributed by atoms with Crippen LogP contribution >= 0.6 is 0 Å². The normalized spacial score (nSPS) is 16.8. The summed E-state index contributed by atoms with van der Waals surface area (Å²) in [5, 5.41) is 9.80. The Morgan fingerprint density at radius 1 is 1.33 bits per heavy atom. The molecule has 2 heterocycles. The minimum atomic E-state index is -0.825. The Bertz CT molecular complexity index is 758. The van der Waals surface area contributed by atoms with Gasteiger partial charge < -0.3 is 14.6 Å². The molecular formula is C21H26N2O4. The van der Waals surface area contributed by atoms with E-state index in [1.165, 1.54) is 0 Å². The first-order chi connectivity index (χ1) is 13.1. The van der Waals surface area contributed by atoms with E-state index in [1.54, 1.807) is 13.3 Å². The van der Waals surface area contributed by atoms with E-state index in [9.17, 15) is 9.90 Å². The summed E-state index contributed by atoms with van der Waals surface area (Å²) in [5.74, 6) is -0.0558. The first-order valence-corrected chi connectivity index (χ1v) is 9.20. The predicted octanol–water partition coefficient (Wildman–Crippen LogP) is 3.21. The van der Waals surface area contributed by atoms with Crippen molar-refractivity contribution in [2.24, 2.45) is 0 Å². The van der Waals surface area contributed by atoms with Crippen molar-refractivity contribution in [3.05, 3.63) is 59.4 Å². The van der Waals surface area contributed by atoms with Crippen molar-refractivity contribution in [3.63, 3.8) is 0 Å². The number of aromatic nitrogens is 1. The van der Waals surface area contributed by atoms with Crippen LogP contribution in [0.4, 0.5) is 0 Å². The molecule has 1 N–H and O–H groups in total. The van der Waals surface area contributed by atoms with E-state index in [2.05, 4.69) is 4.98 Å². The van der Waals surface area contributed by atoms with Gasteiger partial charge in [0, 0.05) is 25.5 Å². The van der Waals surface area contributed by atoms with E-state index in [4.69, 9.17) is 9.47 Å². The molecule has 0 spiro atoms. The van der Waals surface area contributed by atoms with Crippen molar-refractivity contribution in [2.75, 3.05) is 20.2 Å². The second-order valence-corrected chi connectivity index (χ2v) is 6.88. The molecule has 1 fully saturated rings. The fourth-order valence-corrected chi connectivity index (χ4v) is 3.58. The number of aryl methyl sites for hydroxylation is 1. The number of rotatable bonds is 7. The van der Waals surface area contributed by atoms with Crippen LogP contribution in [0.5, 0.6) is 5.75 Å². The Morgan fingerprint density at radius 2 is 2.11 bits per heavy atom. The molecule has 1 aliphatic rings. The molecule has 6 nitrogen and oxygen atoms in total. The molecule has 1 aliphatic heterocycles. The number of hydrogen-bond acceptors (Lipinski definition) is 5. The molecule has 0 radical (unpaired) electrons. The fourth-order valence-electron chi connectivity index (χ4n) is 3.58. The Balaban J connectivity index is 1.60. The molecule has 1 atom stereocenters. The van der Waals surface area contributed by atoms with E-state index >= 15 is 0 Å². The Hall–Kier alpha value is -2.44. The fraction of sp³-hybridized carbons (Fsp3) is 0.429. The van der Waals surface area contributed by atoms with Crippen LogP contribution in [0.15, 0.2) is 42.7 Å². The zero-order valence-corrected chi connectivity index (χ0v) is 15.8. The maximum Gasteiger partial charge on any atom is 0.325 e. The Morgan fingerprint density at radius 3 is 2.70 bits per heavy atom. The smallest absolute Gasteiger partial charge is 0.325 e. The molecule has 0 bridgehead atoms. The molecule has 1 aromatic carbocycles. The van der Waals surface area contributed by atoms with Crippen molar-refractivity contribution in [3.8, 4) is 5.75 Å². The lowest BCUT2D eigenvalue weighted by Crippen LogP contribution is -2.42. The second-order valence-electron chi connectivity index (χ2n) is 6.88. The minimum absolute atomic E-state index is 0.147. The van der Waals surface area contributed by atoms with Gasteiger partial charge in [0.1, 0.15) is 11.8 Å². The summed E-state index contributed by atoms with van der Waals surface area (Å²) in [5.41, 5.74) is 2.78. The number of carbonyl (C=O) groups is 1. The number of carboxylic acids is 1. The van der Waals surface area contributed by atoms with Gasteiger partial charge in [0.05, 0.1) is 19.8 Å². The van der Waals surface area contributed by atoms with Gasteiger partial charge in [-0.3, -0.25) is 14.7 Å². The lowest BCUT2D eigenvalue weighted by Gasteiger charge is -2.35. The number of methoxy groups -OCH3 is 1. The van der Waals surface area contributed by atoms with E-state index in [0.717, 1.165) is 35.3 Å². The Labute approximate surface area is 159 Å². The predicted molar refractivity (Wildman–Crippen MR) is 102 cm³/mol. The number of hydrogen-bond donors (Lipinski definition) is 1. The highest BCUT2D eigenvalue weighted by molar-refractivity contribution is 5.75. The van der Waals surface area contributed by atoms with Crippen LogP contribution in [0.2, 0.25) is 0 Å². The number of benzene rings is 1. The molecule has 144 valence electrons. The molecule has 1 aromatic heterocycles. The average Bonchev–Trinajstić information content (AvgIpc) is 2.68. The van der Waals surface area contributed by atoms with Gasteiger partial charge in [0.25, 0.3) is 0 Å². The summed E-state index contributed by atoms with van der Waals surface area (Å²) in [7, 11) is 1.62. The average molecular weight is 370 g/mol. The van der Waals surface area contributed by atoms with Gasteiger partial charge in [-0.25, -0.2) is 0 Å². The number of pyridine rings is 1. The first-order valence-electron chi connectivity index (χ1n) is 9.20. The highest BCUT2D eigenvalue weighted by Crippen LogP contribution is 2.29. The van der Waals surface area contributed by atoms with Gasteiger partial charge >= 0.3 is 5.97 Å². The SMILES string of the molecule is COc1ccc([C@H](C(=O)O)N2CCC(OCc3cccnc3)CC2)cc1C. The van der Waals surface area contributed by atoms with Crippen molar-refractivity contribution in [2.45, 2.75) is 38.5 Å². The van der Waals surface area contributed by atoms with Crippen LogP contribution in [0, 0.1) is 6.92 Å². The van der Waals surface area contributed by atoms with Crippen molar-refractivity contribution < 1.29 is 19.4 Å². The maximum absolute atomic E-state index is 11.9. The van der Waals surface area contributed by atoms with Crippen molar-refractivity contribution in [1.82, 2.24) is 9.88 Å². The summed E-state index contributed by atoms with van der Waals surface area (Å²) in [6.07, 6.45) is 5.34. The van der Waals surface area contributed by atoms with Crippen LogP contribution < -0.4 is 4.74 Å². The van der Waals surface area contributed by atoms with E-state index in [-0.39, 0.29) is 6.10 Å². The van der Waals surface area contributed by atoms with Gasteiger partial charge in [-0.05, 0) is 48.6 Å². The summed E-state index contributed by atoms with van der Waals surface area (Å²) in [6.45, 7) is 3.86. The molecule has 0 aliphatic carbocycles. The summed E-state index contributed by atoms with van der Waals surface area (Å²) < 4.78 is 11.3. The lowest BCUT2D eigenvalue weighted by atomic mass is 9.99. The highest BCUT2D eigenvalue weighted by atomic mass is 16.5. The van der Waals surface area contributed by atoms with E-state index in [1.807, 2.05) is 48.4 Å². The van der Waals surface area contributed by atoms with Gasteiger partial charge in [0.2, 0.25) is 0 Å². The molecule has 27 heavy (non-hydrogen) atoms. The third-order valence-electron chi connectivity index (χ3n) is 5.02.